The number of halogens is 3. The van der Waals surface area contributed by atoms with Gasteiger partial charge in [-0.05, 0) is 20.3 Å². The third-order valence-corrected chi connectivity index (χ3v) is 3.56. The van der Waals surface area contributed by atoms with Crippen LogP contribution >= 0.6 is 0 Å². The molecule has 0 bridgehead atoms. The summed E-state index contributed by atoms with van der Waals surface area (Å²) >= 11 is 0. The molecule has 1 aliphatic heterocycles. The summed E-state index contributed by atoms with van der Waals surface area (Å²) in [6.45, 7) is 5.27. The molecule has 0 spiro atoms. The minimum absolute atomic E-state index is 0.139. The van der Waals surface area contributed by atoms with E-state index in [0.717, 1.165) is 6.42 Å². The Morgan fingerprint density at radius 1 is 1.52 bits per heavy atom. The summed E-state index contributed by atoms with van der Waals surface area (Å²) in [7, 11) is 0. The molecule has 0 aliphatic carbocycles. The highest BCUT2D eigenvalue weighted by molar-refractivity contribution is 5.96. The summed E-state index contributed by atoms with van der Waals surface area (Å²) < 4.78 is 43.9. The molecule has 0 saturated carbocycles. The highest BCUT2D eigenvalue weighted by Gasteiger charge is 2.41. The molecule has 1 aliphatic rings. The zero-order chi connectivity index (χ0) is 15.6. The Balaban J connectivity index is 2.13. The highest BCUT2D eigenvalue weighted by Crippen LogP contribution is 2.32. The maximum atomic E-state index is 12.9. The van der Waals surface area contributed by atoms with Crippen molar-refractivity contribution in [1.82, 2.24) is 15.1 Å². The lowest BCUT2D eigenvalue weighted by molar-refractivity contribution is -0.141. The first-order valence-electron chi connectivity index (χ1n) is 6.83. The smallest absolute Gasteiger partial charge is 0.381 e. The normalized spacial score (nSPS) is 19.3. The van der Waals surface area contributed by atoms with Crippen molar-refractivity contribution >= 4 is 5.91 Å². The van der Waals surface area contributed by atoms with Gasteiger partial charge in [-0.1, -0.05) is 0 Å². The van der Waals surface area contributed by atoms with Crippen LogP contribution in [0.5, 0.6) is 0 Å². The number of H-pyrrole nitrogens is 1. The van der Waals surface area contributed by atoms with Crippen LogP contribution < -0.4 is 0 Å². The molecule has 0 radical (unpaired) electrons. The first-order chi connectivity index (χ1) is 9.84. The van der Waals surface area contributed by atoms with Gasteiger partial charge in [0.2, 0.25) is 0 Å². The number of hydrogen-bond acceptors (Lipinski definition) is 3. The van der Waals surface area contributed by atoms with Gasteiger partial charge in [0.1, 0.15) is 0 Å². The molecular weight excluding hydrogens is 287 g/mol. The van der Waals surface area contributed by atoms with Crippen molar-refractivity contribution < 1.29 is 22.7 Å². The molecule has 0 aromatic carbocycles. The number of hydrogen-bond donors (Lipinski definition) is 1. The Labute approximate surface area is 120 Å². The van der Waals surface area contributed by atoms with E-state index in [9.17, 15) is 18.0 Å². The number of likely N-dealkylation sites (tertiary alicyclic amines) is 1. The molecule has 1 amide bonds. The van der Waals surface area contributed by atoms with E-state index in [1.165, 1.54) is 11.8 Å². The Morgan fingerprint density at radius 3 is 2.86 bits per heavy atom. The molecule has 5 nitrogen and oxygen atoms in total. The number of alkyl halides is 3. The van der Waals surface area contributed by atoms with Crippen molar-refractivity contribution in [3.05, 3.63) is 17.0 Å². The zero-order valence-electron chi connectivity index (χ0n) is 12.0. The summed E-state index contributed by atoms with van der Waals surface area (Å²) in [5, 5.41) is 5.48. The maximum absolute atomic E-state index is 12.9. The molecule has 1 aromatic heterocycles. The number of aromatic nitrogens is 2. The fourth-order valence-electron chi connectivity index (χ4n) is 2.49. The number of ether oxygens (including phenoxy) is 1. The van der Waals surface area contributed by atoms with Crippen molar-refractivity contribution in [3.63, 3.8) is 0 Å². The van der Waals surface area contributed by atoms with E-state index >= 15 is 0 Å². The van der Waals surface area contributed by atoms with Crippen LogP contribution in [-0.4, -0.2) is 47.3 Å². The zero-order valence-corrected chi connectivity index (χ0v) is 12.0. The average molecular weight is 305 g/mol. The number of aromatic amines is 1. The fourth-order valence-corrected chi connectivity index (χ4v) is 2.49. The lowest BCUT2D eigenvalue weighted by Crippen LogP contribution is -2.31. The molecule has 1 fully saturated rings. The van der Waals surface area contributed by atoms with Gasteiger partial charge >= 0.3 is 6.18 Å². The number of nitrogens with zero attached hydrogens (tertiary/aromatic N) is 2. The average Bonchev–Trinajstić information content (AvgIpc) is 3.01. The molecule has 118 valence electrons. The molecule has 21 heavy (non-hydrogen) atoms. The van der Waals surface area contributed by atoms with Crippen molar-refractivity contribution in [1.29, 1.82) is 0 Å². The van der Waals surface area contributed by atoms with Crippen LogP contribution in [0, 0.1) is 12.8 Å². The molecular formula is C13H18F3N3O2. The molecule has 1 aromatic rings. The van der Waals surface area contributed by atoms with Crippen LogP contribution in [0.3, 0.4) is 0 Å². The predicted octanol–water partition coefficient (Wildman–Crippen LogP) is 2.24. The number of rotatable bonds is 4. The second-order valence-electron chi connectivity index (χ2n) is 5.14. The lowest BCUT2D eigenvalue weighted by atomic mass is 10.1. The minimum Gasteiger partial charge on any atom is -0.381 e. The van der Waals surface area contributed by atoms with Crippen molar-refractivity contribution in [2.24, 2.45) is 5.92 Å². The van der Waals surface area contributed by atoms with Crippen LogP contribution in [0.1, 0.15) is 35.1 Å². The molecule has 1 atom stereocenters. The van der Waals surface area contributed by atoms with Gasteiger partial charge < -0.3 is 9.64 Å². The summed E-state index contributed by atoms with van der Waals surface area (Å²) in [5.41, 5.74) is -1.38. The van der Waals surface area contributed by atoms with Gasteiger partial charge in [0, 0.05) is 31.3 Å². The third-order valence-electron chi connectivity index (χ3n) is 3.56. The molecule has 2 rings (SSSR count). The van der Waals surface area contributed by atoms with E-state index in [2.05, 4.69) is 10.2 Å². The minimum atomic E-state index is -4.64. The summed E-state index contributed by atoms with van der Waals surface area (Å²) in [5.74, 6) is -0.442. The summed E-state index contributed by atoms with van der Waals surface area (Å²) in [6, 6.07) is 0. The van der Waals surface area contributed by atoms with Crippen LogP contribution in [0.15, 0.2) is 0 Å². The van der Waals surface area contributed by atoms with Crippen LogP contribution in [0.25, 0.3) is 0 Å². The standard InChI is InChI=1S/C13H18F3N3O2/c1-3-21-7-9-4-5-19(6-9)12(20)10-8(2)17-18-11(10)13(14,15)16/h9H,3-7H2,1-2H3,(H,17,18). The molecule has 8 heteroatoms. The molecule has 1 N–H and O–H groups in total. The second kappa shape index (κ2) is 6.05. The van der Waals surface area contributed by atoms with Crippen LogP contribution in [-0.2, 0) is 10.9 Å². The van der Waals surface area contributed by atoms with E-state index in [1.54, 1.807) is 0 Å². The largest absolute Gasteiger partial charge is 0.435 e. The summed E-state index contributed by atoms with van der Waals surface area (Å²) in [4.78, 5) is 13.8. The number of carbonyl (C=O) groups is 1. The van der Waals surface area contributed by atoms with E-state index in [0.29, 0.717) is 26.3 Å². The van der Waals surface area contributed by atoms with Gasteiger partial charge in [-0.15, -0.1) is 0 Å². The first kappa shape index (κ1) is 15.8. The molecule has 2 heterocycles. The Morgan fingerprint density at radius 2 is 2.24 bits per heavy atom. The lowest BCUT2D eigenvalue weighted by Gasteiger charge is -2.17. The van der Waals surface area contributed by atoms with Crippen LogP contribution in [0.2, 0.25) is 0 Å². The maximum Gasteiger partial charge on any atom is 0.435 e. The quantitative estimate of drug-likeness (QED) is 0.928. The van der Waals surface area contributed by atoms with Gasteiger partial charge in [-0.3, -0.25) is 9.89 Å². The SMILES string of the molecule is CCOCC1CCN(C(=O)c2c(C(F)(F)F)n[nH]c2C)C1. The van der Waals surface area contributed by atoms with Crippen molar-refractivity contribution in [2.75, 3.05) is 26.3 Å². The number of amides is 1. The number of nitrogens with one attached hydrogen (secondary N) is 1. The summed E-state index contributed by atoms with van der Waals surface area (Å²) in [6.07, 6.45) is -3.90. The Kier molecular flexibility index (Phi) is 4.55. The van der Waals surface area contributed by atoms with Gasteiger partial charge in [-0.25, -0.2) is 0 Å². The Bertz CT molecular complexity index is 513. The van der Waals surface area contributed by atoms with Gasteiger partial charge in [0.05, 0.1) is 12.2 Å². The monoisotopic (exact) mass is 305 g/mol. The van der Waals surface area contributed by atoms with Gasteiger partial charge in [-0.2, -0.15) is 18.3 Å². The first-order valence-corrected chi connectivity index (χ1v) is 6.83. The number of aryl methyl sites for hydroxylation is 1. The van der Waals surface area contributed by atoms with E-state index in [1.807, 2.05) is 6.92 Å². The third kappa shape index (κ3) is 3.37. The number of carbonyl (C=O) groups excluding carboxylic acids is 1. The van der Waals surface area contributed by atoms with E-state index < -0.39 is 17.8 Å². The van der Waals surface area contributed by atoms with Crippen LogP contribution in [0.4, 0.5) is 13.2 Å². The fraction of sp³-hybridized carbons (Fsp3) is 0.692. The topological polar surface area (TPSA) is 58.2 Å². The van der Waals surface area contributed by atoms with Crippen molar-refractivity contribution in [3.8, 4) is 0 Å². The van der Waals surface area contributed by atoms with Gasteiger partial charge in [0.25, 0.3) is 5.91 Å². The van der Waals surface area contributed by atoms with Gasteiger partial charge in [0.15, 0.2) is 5.69 Å². The van der Waals surface area contributed by atoms with Crippen molar-refractivity contribution in [2.45, 2.75) is 26.4 Å². The predicted molar refractivity (Wildman–Crippen MR) is 68.8 cm³/mol. The molecule has 1 saturated heterocycles. The second-order valence-corrected chi connectivity index (χ2v) is 5.14. The highest BCUT2D eigenvalue weighted by atomic mass is 19.4. The van der Waals surface area contributed by atoms with E-state index in [4.69, 9.17) is 4.74 Å². The van der Waals surface area contributed by atoms with E-state index in [-0.39, 0.29) is 17.2 Å². The molecule has 1 unspecified atom stereocenters. The Hall–Kier alpha value is -1.57.